The number of rotatable bonds is 4. The van der Waals surface area contributed by atoms with Gasteiger partial charge in [0.05, 0.1) is 6.61 Å². The molecule has 0 saturated carbocycles. The van der Waals surface area contributed by atoms with Crippen LogP contribution in [0.2, 0.25) is 0 Å². The van der Waals surface area contributed by atoms with Crippen LogP contribution in [0, 0.1) is 4.64 Å². The minimum absolute atomic E-state index is 0.0329. The van der Waals surface area contributed by atoms with Gasteiger partial charge < -0.3 is 15.0 Å². The van der Waals surface area contributed by atoms with Crippen molar-refractivity contribution in [1.29, 1.82) is 0 Å². The van der Waals surface area contributed by atoms with Crippen LogP contribution in [0.25, 0.3) is 0 Å². The molecule has 2 rings (SSSR count). The fraction of sp³-hybridized carbons (Fsp3) is 0.636. The van der Waals surface area contributed by atoms with Crippen molar-refractivity contribution in [1.82, 2.24) is 15.3 Å². The second-order valence-electron chi connectivity index (χ2n) is 4.29. The van der Waals surface area contributed by atoms with Crippen molar-refractivity contribution in [3.8, 4) is 0 Å². The number of halogens is 3. The van der Waals surface area contributed by atoms with Gasteiger partial charge >= 0.3 is 6.18 Å². The monoisotopic (exact) mass is 293 g/mol. The quantitative estimate of drug-likeness (QED) is 0.657. The average molecular weight is 293 g/mol. The van der Waals surface area contributed by atoms with Crippen molar-refractivity contribution in [2.24, 2.45) is 0 Å². The van der Waals surface area contributed by atoms with E-state index in [-0.39, 0.29) is 6.61 Å². The Morgan fingerprint density at radius 3 is 2.89 bits per heavy atom. The van der Waals surface area contributed by atoms with Crippen LogP contribution in [0.15, 0.2) is 0 Å². The molecule has 8 heteroatoms. The van der Waals surface area contributed by atoms with E-state index >= 15 is 0 Å². The smallest absolute Gasteiger partial charge is 0.372 e. The Morgan fingerprint density at radius 2 is 2.16 bits per heavy atom. The van der Waals surface area contributed by atoms with Crippen LogP contribution in [0.3, 0.4) is 0 Å². The highest BCUT2D eigenvalue weighted by molar-refractivity contribution is 7.71. The summed E-state index contributed by atoms with van der Waals surface area (Å²) in [5.41, 5.74) is 1.99. The summed E-state index contributed by atoms with van der Waals surface area (Å²) >= 11 is 5.17. The molecule has 19 heavy (non-hydrogen) atoms. The number of alkyl halides is 3. The predicted molar refractivity (Wildman–Crippen MR) is 65.4 cm³/mol. The molecule has 0 aliphatic carbocycles. The Kier molecular flexibility index (Phi) is 4.54. The minimum Gasteiger partial charge on any atom is -0.372 e. The molecule has 0 atom stereocenters. The van der Waals surface area contributed by atoms with Gasteiger partial charge in [0.15, 0.2) is 0 Å². The summed E-state index contributed by atoms with van der Waals surface area (Å²) in [4.78, 5) is 7.30. The van der Waals surface area contributed by atoms with E-state index in [1.165, 1.54) is 0 Å². The molecule has 0 fully saturated rings. The predicted octanol–water partition coefficient (Wildman–Crippen LogP) is 1.91. The van der Waals surface area contributed by atoms with Gasteiger partial charge in [-0.2, -0.15) is 13.2 Å². The molecule has 106 valence electrons. The first-order chi connectivity index (χ1) is 8.96. The number of nitrogens with zero attached hydrogens (tertiary/aromatic N) is 1. The Bertz CT molecular complexity index is 501. The highest BCUT2D eigenvalue weighted by atomic mass is 32.1. The van der Waals surface area contributed by atoms with E-state index in [0.29, 0.717) is 23.4 Å². The lowest BCUT2D eigenvalue weighted by atomic mass is 10.1. The van der Waals surface area contributed by atoms with Gasteiger partial charge in [-0.05, 0) is 0 Å². The third kappa shape index (κ3) is 4.26. The van der Waals surface area contributed by atoms with Crippen LogP contribution in [-0.2, 0) is 24.1 Å². The Labute approximate surface area is 113 Å². The summed E-state index contributed by atoms with van der Waals surface area (Å²) in [6.45, 7) is 0.270. The maximum Gasteiger partial charge on any atom is 0.411 e. The van der Waals surface area contributed by atoms with Crippen LogP contribution in [-0.4, -0.2) is 35.9 Å². The average Bonchev–Trinajstić information content (AvgIpc) is 2.34. The molecule has 2 heterocycles. The van der Waals surface area contributed by atoms with E-state index < -0.39 is 12.8 Å². The van der Waals surface area contributed by atoms with Crippen molar-refractivity contribution < 1.29 is 17.9 Å². The summed E-state index contributed by atoms with van der Waals surface area (Å²) in [5, 5.41) is 3.19. The fourth-order valence-corrected chi connectivity index (χ4v) is 2.20. The van der Waals surface area contributed by atoms with Gasteiger partial charge in [-0.25, -0.2) is 4.98 Å². The highest BCUT2D eigenvalue weighted by Crippen LogP contribution is 2.15. The van der Waals surface area contributed by atoms with Gasteiger partial charge in [-0.3, -0.25) is 0 Å². The molecule has 1 aliphatic rings. The van der Waals surface area contributed by atoms with Gasteiger partial charge in [0.25, 0.3) is 0 Å². The van der Waals surface area contributed by atoms with Crippen LogP contribution in [0.1, 0.15) is 17.1 Å². The second kappa shape index (κ2) is 5.98. The maximum absolute atomic E-state index is 11.9. The van der Waals surface area contributed by atoms with E-state index in [4.69, 9.17) is 12.2 Å². The van der Waals surface area contributed by atoms with Crippen LogP contribution < -0.4 is 5.32 Å². The normalized spacial score (nSPS) is 15.3. The SMILES string of the molecule is FC(F)(F)COCCc1nc(=S)c2c([nH]1)CCNC2. The van der Waals surface area contributed by atoms with Crippen molar-refractivity contribution in [2.45, 2.75) is 25.6 Å². The molecule has 4 nitrogen and oxygen atoms in total. The van der Waals surface area contributed by atoms with Crippen LogP contribution >= 0.6 is 12.2 Å². The number of fused-ring (bicyclic) bond motifs is 1. The second-order valence-corrected chi connectivity index (χ2v) is 4.68. The van der Waals surface area contributed by atoms with E-state index in [1.54, 1.807) is 0 Å². The van der Waals surface area contributed by atoms with Gasteiger partial charge in [-0.15, -0.1) is 0 Å². The van der Waals surface area contributed by atoms with Crippen LogP contribution in [0.4, 0.5) is 13.2 Å². The number of hydrogen-bond donors (Lipinski definition) is 2. The summed E-state index contributed by atoms with van der Waals surface area (Å²) in [6.07, 6.45) is -3.18. The van der Waals surface area contributed by atoms with E-state index in [0.717, 1.165) is 24.2 Å². The molecule has 1 aliphatic heterocycles. The van der Waals surface area contributed by atoms with Crippen molar-refractivity contribution in [2.75, 3.05) is 19.8 Å². The summed E-state index contributed by atoms with van der Waals surface area (Å²) < 4.78 is 40.8. The third-order valence-corrected chi connectivity index (χ3v) is 3.09. The molecule has 2 N–H and O–H groups in total. The molecule has 0 spiro atoms. The van der Waals surface area contributed by atoms with Gasteiger partial charge in [0.1, 0.15) is 17.1 Å². The van der Waals surface area contributed by atoms with Gasteiger partial charge in [0.2, 0.25) is 0 Å². The fourth-order valence-electron chi connectivity index (χ4n) is 1.89. The van der Waals surface area contributed by atoms with Crippen molar-refractivity contribution >= 4 is 12.2 Å². The molecule has 1 aromatic rings. The van der Waals surface area contributed by atoms with E-state index in [2.05, 4.69) is 20.0 Å². The first-order valence-electron chi connectivity index (χ1n) is 5.92. The summed E-state index contributed by atoms with van der Waals surface area (Å²) in [7, 11) is 0. The molecule has 0 amide bonds. The standard InChI is InChI=1S/C11H14F3N3OS/c12-11(13,14)6-18-4-2-9-16-8-1-3-15-5-7(8)10(19)17-9/h15H,1-6H2,(H,16,17,19). The molecule has 0 radical (unpaired) electrons. The first kappa shape index (κ1) is 14.4. The number of nitrogens with one attached hydrogen (secondary N) is 2. The third-order valence-electron chi connectivity index (χ3n) is 2.76. The van der Waals surface area contributed by atoms with Gasteiger partial charge in [0, 0.05) is 37.2 Å². The van der Waals surface area contributed by atoms with E-state index in [1.807, 2.05) is 0 Å². The summed E-state index contributed by atoms with van der Waals surface area (Å²) in [5.74, 6) is 0.577. The zero-order valence-corrected chi connectivity index (χ0v) is 11.0. The largest absolute Gasteiger partial charge is 0.411 e. The summed E-state index contributed by atoms with van der Waals surface area (Å²) in [6, 6.07) is 0. The number of H-pyrrole nitrogens is 1. The lowest BCUT2D eigenvalue weighted by Gasteiger charge is -2.17. The number of aromatic nitrogens is 2. The molecule has 0 bridgehead atoms. The molecule has 0 unspecified atom stereocenters. The molecular formula is C11H14F3N3OS. The van der Waals surface area contributed by atoms with Crippen LogP contribution in [0.5, 0.6) is 0 Å². The zero-order valence-electron chi connectivity index (χ0n) is 10.1. The zero-order chi connectivity index (χ0) is 13.9. The van der Waals surface area contributed by atoms with Crippen molar-refractivity contribution in [3.63, 3.8) is 0 Å². The van der Waals surface area contributed by atoms with Crippen molar-refractivity contribution in [3.05, 3.63) is 21.7 Å². The van der Waals surface area contributed by atoms with Gasteiger partial charge in [-0.1, -0.05) is 12.2 Å². The van der Waals surface area contributed by atoms with E-state index in [9.17, 15) is 13.2 Å². The maximum atomic E-state index is 11.9. The number of hydrogen-bond acceptors (Lipinski definition) is 4. The first-order valence-corrected chi connectivity index (χ1v) is 6.33. The molecular weight excluding hydrogens is 279 g/mol. The minimum atomic E-state index is -4.29. The highest BCUT2D eigenvalue weighted by Gasteiger charge is 2.27. The molecule has 0 aromatic carbocycles. The Morgan fingerprint density at radius 1 is 1.37 bits per heavy atom. The Balaban J connectivity index is 1.94. The Hall–Kier alpha value is -0.990. The topological polar surface area (TPSA) is 49.9 Å². The molecule has 1 aromatic heterocycles. The number of ether oxygens (including phenoxy) is 1. The lowest BCUT2D eigenvalue weighted by molar-refractivity contribution is -0.173. The molecule has 0 saturated heterocycles. The lowest BCUT2D eigenvalue weighted by Crippen LogP contribution is -2.26. The number of aromatic amines is 1.